The zero-order chi connectivity index (χ0) is 23.2. The van der Waals surface area contributed by atoms with Gasteiger partial charge in [-0.05, 0) is 36.4 Å². The van der Waals surface area contributed by atoms with E-state index in [0.29, 0.717) is 11.5 Å². The van der Waals surface area contributed by atoms with Crippen molar-refractivity contribution in [2.24, 2.45) is 0 Å². The van der Waals surface area contributed by atoms with E-state index in [4.69, 9.17) is 13.9 Å². The number of hydrogen-bond donors (Lipinski definition) is 2. The molecule has 0 radical (unpaired) electrons. The number of methoxy groups -OCH3 is 1. The van der Waals surface area contributed by atoms with Gasteiger partial charge in [0, 0.05) is 31.5 Å². The third kappa shape index (κ3) is 5.32. The van der Waals surface area contributed by atoms with Crippen molar-refractivity contribution in [3.05, 3.63) is 60.7 Å². The molecule has 33 heavy (non-hydrogen) atoms. The molecule has 1 aliphatic heterocycles. The van der Waals surface area contributed by atoms with Gasteiger partial charge in [-0.3, -0.25) is 9.78 Å². The minimum Gasteiger partial charge on any atom is -0.497 e. The molecule has 1 saturated heterocycles. The first kappa shape index (κ1) is 21.9. The van der Waals surface area contributed by atoms with Crippen LogP contribution in [0.2, 0.25) is 0 Å². The van der Waals surface area contributed by atoms with Crippen molar-refractivity contribution >= 4 is 23.7 Å². The number of oxazole rings is 1. The van der Waals surface area contributed by atoms with Crippen LogP contribution in [0.15, 0.2) is 59.5 Å². The topological polar surface area (TPSA) is 130 Å². The zero-order valence-electron chi connectivity index (χ0n) is 17.9. The number of hydrogen-bond acceptors (Lipinski definition) is 8. The highest BCUT2D eigenvalue weighted by atomic mass is 16.5. The lowest BCUT2D eigenvalue weighted by Crippen LogP contribution is -2.58. The third-order valence-corrected chi connectivity index (χ3v) is 5.16. The van der Waals surface area contributed by atoms with Gasteiger partial charge < -0.3 is 34.1 Å². The summed E-state index contributed by atoms with van der Waals surface area (Å²) < 4.78 is 16.3. The number of pyridine rings is 1. The number of ether oxygens (including phenoxy) is 2. The number of carbonyl (C=O) groups excluding carboxylic acids is 1. The molecule has 0 saturated carbocycles. The van der Waals surface area contributed by atoms with E-state index in [1.807, 2.05) is 0 Å². The number of carboxylic acid groups (broad SMARTS) is 1. The Morgan fingerprint density at radius 1 is 1.21 bits per heavy atom. The van der Waals surface area contributed by atoms with E-state index in [0.717, 1.165) is 5.69 Å². The predicted octanol–water partition coefficient (Wildman–Crippen LogP) is 2.71. The van der Waals surface area contributed by atoms with E-state index >= 15 is 0 Å². The number of nitrogens with one attached hydrogen (secondary N) is 1. The molecule has 3 aromatic rings. The van der Waals surface area contributed by atoms with E-state index in [-0.39, 0.29) is 43.9 Å². The quantitative estimate of drug-likeness (QED) is 0.554. The maximum Gasteiger partial charge on any atom is 0.407 e. The minimum absolute atomic E-state index is 0.107. The molecule has 172 valence electrons. The van der Waals surface area contributed by atoms with Crippen LogP contribution in [0.5, 0.6) is 11.5 Å². The van der Waals surface area contributed by atoms with Crippen molar-refractivity contribution in [2.45, 2.75) is 6.04 Å². The van der Waals surface area contributed by atoms with E-state index in [1.165, 1.54) is 11.2 Å². The highest BCUT2D eigenvalue weighted by Crippen LogP contribution is 2.21. The number of carbonyl (C=O) groups is 2. The summed E-state index contributed by atoms with van der Waals surface area (Å²) in [5.41, 5.74) is 0.829. The molecule has 1 aromatic carbocycles. The van der Waals surface area contributed by atoms with Crippen LogP contribution >= 0.6 is 0 Å². The summed E-state index contributed by atoms with van der Waals surface area (Å²) in [6.07, 6.45) is 3.41. The second-order valence-electron chi connectivity index (χ2n) is 7.27. The molecule has 0 bridgehead atoms. The molecule has 1 aliphatic rings. The van der Waals surface area contributed by atoms with Crippen molar-refractivity contribution < 1.29 is 28.6 Å². The molecule has 1 unspecified atom stereocenters. The van der Waals surface area contributed by atoms with Gasteiger partial charge in [-0.25, -0.2) is 4.79 Å². The van der Waals surface area contributed by atoms with Crippen LogP contribution in [-0.4, -0.2) is 76.3 Å². The Labute approximate surface area is 189 Å². The molecule has 0 aliphatic carbocycles. The number of anilines is 2. The molecule has 4 rings (SSSR count). The average Bonchev–Trinajstić information content (AvgIpc) is 3.31. The summed E-state index contributed by atoms with van der Waals surface area (Å²) in [5.74, 6) is 0.875. The normalized spacial score (nSPS) is 15.7. The predicted molar refractivity (Wildman–Crippen MR) is 117 cm³/mol. The SMILES string of the molecule is COc1ccc(Nc2nc(C(=O)N3CCN(C(=O)O)CC3COc3cccnc3)co2)cc1. The van der Waals surface area contributed by atoms with Gasteiger partial charge in [-0.2, -0.15) is 4.98 Å². The maximum atomic E-state index is 13.2. The second kappa shape index (κ2) is 9.90. The van der Waals surface area contributed by atoms with Gasteiger partial charge in [0.25, 0.3) is 11.9 Å². The Kier molecular flexibility index (Phi) is 6.58. The first-order valence-electron chi connectivity index (χ1n) is 10.2. The van der Waals surface area contributed by atoms with Crippen LogP contribution in [0.1, 0.15) is 10.5 Å². The molecule has 11 nitrogen and oxygen atoms in total. The summed E-state index contributed by atoms with van der Waals surface area (Å²) >= 11 is 0. The van der Waals surface area contributed by atoms with Crippen LogP contribution < -0.4 is 14.8 Å². The number of nitrogens with zero attached hydrogens (tertiary/aromatic N) is 4. The Balaban J connectivity index is 1.45. The number of amides is 2. The molecule has 1 fully saturated rings. The molecular weight excluding hydrogens is 430 g/mol. The standard InChI is InChI=1S/C22H23N5O6/c1-31-17-6-4-15(5-7-17)24-21-25-19(14-33-21)20(28)27-10-9-26(22(29)30)12-16(27)13-32-18-3-2-8-23-11-18/h2-8,11,14,16H,9-10,12-13H2,1H3,(H,24,25)(H,29,30). The summed E-state index contributed by atoms with van der Waals surface area (Å²) in [4.78, 5) is 35.7. The fraction of sp³-hybridized carbons (Fsp3) is 0.273. The van der Waals surface area contributed by atoms with Crippen LogP contribution in [0.4, 0.5) is 16.5 Å². The number of aromatic nitrogens is 2. The number of benzene rings is 1. The first-order valence-corrected chi connectivity index (χ1v) is 10.2. The zero-order valence-corrected chi connectivity index (χ0v) is 17.9. The molecule has 2 amide bonds. The Morgan fingerprint density at radius 2 is 2.03 bits per heavy atom. The van der Waals surface area contributed by atoms with Gasteiger partial charge in [-0.1, -0.05) is 0 Å². The fourth-order valence-corrected chi connectivity index (χ4v) is 3.44. The smallest absolute Gasteiger partial charge is 0.407 e. The molecule has 3 heterocycles. The van der Waals surface area contributed by atoms with Crippen molar-refractivity contribution in [3.63, 3.8) is 0 Å². The lowest BCUT2D eigenvalue weighted by atomic mass is 10.1. The van der Waals surface area contributed by atoms with Gasteiger partial charge in [0.1, 0.15) is 24.4 Å². The molecule has 2 aromatic heterocycles. The Morgan fingerprint density at radius 3 is 2.73 bits per heavy atom. The van der Waals surface area contributed by atoms with E-state index < -0.39 is 12.1 Å². The highest BCUT2D eigenvalue weighted by Gasteiger charge is 2.34. The number of piperazine rings is 1. The van der Waals surface area contributed by atoms with Crippen LogP contribution in [0.3, 0.4) is 0 Å². The molecular formula is C22H23N5O6. The average molecular weight is 453 g/mol. The molecule has 1 atom stereocenters. The maximum absolute atomic E-state index is 13.2. The molecule has 11 heteroatoms. The largest absolute Gasteiger partial charge is 0.497 e. The Bertz CT molecular complexity index is 1090. The number of rotatable bonds is 7. The van der Waals surface area contributed by atoms with Gasteiger partial charge in [-0.15, -0.1) is 0 Å². The van der Waals surface area contributed by atoms with Crippen LogP contribution in [0, 0.1) is 0 Å². The first-order chi connectivity index (χ1) is 16.0. The second-order valence-corrected chi connectivity index (χ2v) is 7.27. The van der Waals surface area contributed by atoms with Crippen molar-refractivity contribution in [1.82, 2.24) is 19.8 Å². The lowest BCUT2D eigenvalue weighted by molar-refractivity contribution is 0.0335. The highest BCUT2D eigenvalue weighted by molar-refractivity contribution is 5.92. The van der Waals surface area contributed by atoms with E-state index in [2.05, 4.69) is 15.3 Å². The van der Waals surface area contributed by atoms with Gasteiger partial charge in [0.15, 0.2) is 5.69 Å². The van der Waals surface area contributed by atoms with Gasteiger partial charge >= 0.3 is 6.09 Å². The summed E-state index contributed by atoms with van der Waals surface area (Å²) in [7, 11) is 1.58. The monoisotopic (exact) mass is 453 g/mol. The van der Waals surface area contributed by atoms with Gasteiger partial charge in [0.05, 0.1) is 19.3 Å². The van der Waals surface area contributed by atoms with Crippen molar-refractivity contribution in [1.29, 1.82) is 0 Å². The molecule has 2 N–H and O–H groups in total. The third-order valence-electron chi connectivity index (χ3n) is 5.16. The summed E-state index contributed by atoms with van der Waals surface area (Å²) in [5, 5.41) is 12.4. The molecule has 0 spiro atoms. The summed E-state index contributed by atoms with van der Waals surface area (Å²) in [6, 6.07) is 10.3. The van der Waals surface area contributed by atoms with Crippen LogP contribution in [0.25, 0.3) is 0 Å². The fourth-order valence-electron chi connectivity index (χ4n) is 3.44. The van der Waals surface area contributed by atoms with E-state index in [1.54, 1.807) is 60.8 Å². The van der Waals surface area contributed by atoms with Crippen LogP contribution in [-0.2, 0) is 0 Å². The summed E-state index contributed by atoms with van der Waals surface area (Å²) in [6.45, 7) is 0.631. The minimum atomic E-state index is -1.04. The van der Waals surface area contributed by atoms with Crippen molar-refractivity contribution in [3.8, 4) is 11.5 Å². The van der Waals surface area contributed by atoms with Crippen molar-refractivity contribution in [2.75, 3.05) is 38.7 Å². The van der Waals surface area contributed by atoms with Gasteiger partial charge in [0.2, 0.25) is 0 Å². The lowest BCUT2D eigenvalue weighted by Gasteiger charge is -2.39. The Hall–Kier alpha value is -4.28. The van der Waals surface area contributed by atoms with E-state index in [9.17, 15) is 14.7 Å².